The fourth-order valence-electron chi connectivity index (χ4n) is 6.11. The van der Waals surface area contributed by atoms with Gasteiger partial charge in [0, 0.05) is 5.92 Å². The summed E-state index contributed by atoms with van der Waals surface area (Å²) < 4.78 is 37.6. The van der Waals surface area contributed by atoms with E-state index in [4.69, 9.17) is 0 Å². The number of hydrogen-bond acceptors (Lipinski definition) is 4. The van der Waals surface area contributed by atoms with Crippen molar-refractivity contribution in [1.82, 2.24) is 0 Å². The molecule has 0 aliphatic rings. The first-order valence-corrected chi connectivity index (χ1v) is 20.6. The molecule has 4 nitrogen and oxygen atoms in total. The number of unbranched alkanes of at least 4 members (excludes halogenated alkanes) is 29. The summed E-state index contributed by atoms with van der Waals surface area (Å²) in [4.78, 5) is 0. The molecule has 0 saturated carbocycles. The molecule has 0 N–H and O–H groups in total. The molecule has 0 rings (SSSR count). The predicted molar refractivity (Wildman–Crippen MR) is 187 cm³/mol. The molecule has 0 spiro atoms. The van der Waals surface area contributed by atoms with Gasteiger partial charge < -0.3 is 4.55 Å². The zero-order valence-electron chi connectivity index (χ0n) is 30.1. The van der Waals surface area contributed by atoms with Gasteiger partial charge >= 0.3 is 29.6 Å². The second-order valence-corrected chi connectivity index (χ2v) is 14.4. The van der Waals surface area contributed by atoms with Gasteiger partial charge in [-0.3, -0.25) is 4.18 Å². The van der Waals surface area contributed by atoms with Crippen molar-refractivity contribution in [3.05, 3.63) is 12.2 Å². The SMILES string of the molecule is CCCCCCCCCCCCCCC/C=C/C(CCCCCCCCCCCCCCCCCCC)COS(=O)(=O)[O-].[Na+]. The van der Waals surface area contributed by atoms with Crippen LogP contribution in [0.4, 0.5) is 0 Å². The van der Waals surface area contributed by atoms with Crippen LogP contribution in [0.5, 0.6) is 0 Å². The van der Waals surface area contributed by atoms with E-state index in [-0.39, 0.29) is 42.1 Å². The van der Waals surface area contributed by atoms with Crippen molar-refractivity contribution in [1.29, 1.82) is 0 Å². The standard InChI is InChI=1S/C38H76O4S.Na/c1-3-5-7-9-11-13-15-17-19-20-22-24-26-28-30-32-34-36-38(37-42-43(39,40)41)35-33-31-29-27-25-23-21-18-16-14-12-10-8-6-4-2;/h33,35,38H,3-32,34,36-37H2,1-2H3,(H,39,40,41);/q;+1/p-1/b35-33+;. The molecule has 0 fully saturated rings. The van der Waals surface area contributed by atoms with Crippen molar-refractivity contribution < 1.29 is 46.7 Å². The fourth-order valence-corrected chi connectivity index (χ4v) is 6.45. The Labute approximate surface area is 299 Å². The minimum absolute atomic E-state index is 0. The summed E-state index contributed by atoms with van der Waals surface area (Å²) in [5.41, 5.74) is 0. The van der Waals surface area contributed by atoms with Crippen molar-refractivity contribution in [3.8, 4) is 0 Å². The summed E-state index contributed by atoms with van der Waals surface area (Å²) in [5.74, 6) is 0.0158. The third kappa shape index (κ3) is 40.6. The molecule has 0 aliphatic carbocycles. The molecular weight excluding hydrogens is 575 g/mol. The topological polar surface area (TPSA) is 66.4 Å². The third-order valence-corrected chi connectivity index (χ3v) is 9.41. The summed E-state index contributed by atoms with van der Waals surface area (Å²) in [6, 6.07) is 0. The van der Waals surface area contributed by atoms with Gasteiger partial charge in [0.25, 0.3) is 0 Å². The molecule has 6 heteroatoms. The van der Waals surface area contributed by atoms with Gasteiger partial charge in [0.1, 0.15) is 0 Å². The summed E-state index contributed by atoms with van der Waals surface area (Å²) in [6.45, 7) is 4.54. The van der Waals surface area contributed by atoms with Crippen molar-refractivity contribution in [3.63, 3.8) is 0 Å². The second kappa shape index (κ2) is 38.1. The second-order valence-electron chi connectivity index (χ2n) is 13.4. The van der Waals surface area contributed by atoms with Crippen LogP contribution in [0, 0.1) is 5.92 Å². The van der Waals surface area contributed by atoms with Crippen molar-refractivity contribution in [2.45, 2.75) is 219 Å². The molecule has 0 bridgehead atoms. The van der Waals surface area contributed by atoms with E-state index < -0.39 is 10.4 Å². The zero-order valence-corrected chi connectivity index (χ0v) is 32.9. The summed E-state index contributed by atoms with van der Waals surface area (Å²) >= 11 is 0. The zero-order chi connectivity index (χ0) is 31.5. The number of rotatable bonds is 36. The monoisotopic (exact) mass is 651 g/mol. The molecule has 0 radical (unpaired) electrons. The average Bonchev–Trinajstić information content (AvgIpc) is 2.98. The maximum absolute atomic E-state index is 11.0. The van der Waals surface area contributed by atoms with Gasteiger partial charge in [0.05, 0.1) is 6.61 Å². The maximum Gasteiger partial charge on any atom is 1.00 e. The van der Waals surface area contributed by atoms with E-state index in [9.17, 15) is 13.0 Å². The molecular formula is C38H75NaO4S. The van der Waals surface area contributed by atoms with Gasteiger partial charge in [-0.1, -0.05) is 212 Å². The molecule has 1 unspecified atom stereocenters. The van der Waals surface area contributed by atoms with Gasteiger partial charge in [-0.2, -0.15) is 0 Å². The summed E-state index contributed by atoms with van der Waals surface area (Å²) in [6.07, 6.45) is 46.8. The van der Waals surface area contributed by atoms with Crippen LogP contribution in [0.25, 0.3) is 0 Å². The normalized spacial score (nSPS) is 12.6. The Bertz CT molecular complexity index is 668. The third-order valence-electron chi connectivity index (χ3n) is 8.99. The molecule has 0 aromatic heterocycles. The molecule has 1 atom stereocenters. The molecule has 258 valence electrons. The molecule has 44 heavy (non-hydrogen) atoms. The first-order valence-electron chi connectivity index (χ1n) is 19.3. The Hall–Kier alpha value is 0.610. The van der Waals surface area contributed by atoms with Crippen LogP contribution < -0.4 is 29.6 Å². The maximum atomic E-state index is 11.0. The quantitative estimate of drug-likeness (QED) is 0.0223. The summed E-state index contributed by atoms with van der Waals surface area (Å²) in [5, 5.41) is 0. The van der Waals surface area contributed by atoms with Crippen LogP contribution in [0.2, 0.25) is 0 Å². The van der Waals surface area contributed by atoms with Crippen LogP contribution >= 0.6 is 0 Å². The first kappa shape index (κ1) is 46.7. The van der Waals surface area contributed by atoms with E-state index in [0.29, 0.717) is 0 Å². The molecule has 0 aromatic rings. The van der Waals surface area contributed by atoms with Crippen molar-refractivity contribution in [2.24, 2.45) is 5.92 Å². The number of hydrogen-bond donors (Lipinski definition) is 0. The molecule has 0 heterocycles. The van der Waals surface area contributed by atoms with Crippen LogP contribution in [0.1, 0.15) is 219 Å². The Morgan fingerprint density at radius 3 is 1.11 bits per heavy atom. The van der Waals surface area contributed by atoms with Crippen LogP contribution in [-0.4, -0.2) is 19.6 Å². The van der Waals surface area contributed by atoms with E-state index in [2.05, 4.69) is 30.2 Å². The Morgan fingerprint density at radius 1 is 0.500 bits per heavy atom. The fraction of sp³-hybridized carbons (Fsp3) is 0.947. The number of allylic oxidation sites excluding steroid dienone is 1. The minimum Gasteiger partial charge on any atom is -0.726 e. The van der Waals surface area contributed by atoms with E-state index in [1.807, 2.05) is 0 Å². The van der Waals surface area contributed by atoms with Gasteiger partial charge in [-0.05, 0) is 19.3 Å². The Kier molecular flexibility index (Phi) is 40.4. The summed E-state index contributed by atoms with van der Waals surface area (Å²) in [7, 11) is -4.62. The van der Waals surface area contributed by atoms with Crippen molar-refractivity contribution in [2.75, 3.05) is 6.61 Å². The van der Waals surface area contributed by atoms with E-state index in [1.54, 1.807) is 0 Å². The van der Waals surface area contributed by atoms with Gasteiger partial charge in [-0.25, -0.2) is 8.42 Å². The minimum atomic E-state index is -4.62. The van der Waals surface area contributed by atoms with Crippen LogP contribution in [0.15, 0.2) is 12.2 Å². The van der Waals surface area contributed by atoms with Crippen LogP contribution in [-0.2, 0) is 14.6 Å². The van der Waals surface area contributed by atoms with Crippen LogP contribution in [0.3, 0.4) is 0 Å². The van der Waals surface area contributed by atoms with Crippen molar-refractivity contribution >= 4 is 10.4 Å². The smallest absolute Gasteiger partial charge is 0.726 e. The van der Waals surface area contributed by atoms with Gasteiger partial charge in [0.2, 0.25) is 10.4 Å². The van der Waals surface area contributed by atoms with E-state index in [1.165, 1.54) is 186 Å². The molecule has 0 saturated heterocycles. The van der Waals surface area contributed by atoms with Gasteiger partial charge in [0.15, 0.2) is 0 Å². The predicted octanol–water partition coefficient (Wildman–Crippen LogP) is 10.2. The van der Waals surface area contributed by atoms with Gasteiger partial charge in [-0.15, -0.1) is 0 Å². The average molecular weight is 651 g/mol. The van der Waals surface area contributed by atoms with E-state index in [0.717, 1.165) is 19.3 Å². The Balaban J connectivity index is 0. The molecule has 0 amide bonds. The Morgan fingerprint density at radius 2 is 0.795 bits per heavy atom. The first-order chi connectivity index (χ1) is 21.0. The molecule has 0 aromatic carbocycles. The van der Waals surface area contributed by atoms with E-state index >= 15 is 0 Å². The molecule has 0 aliphatic heterocycles. The largest absolute Gasteiger partial charge is 1.00 e.